The van der Waals surface area contributed by atoms with Gasteiger partial charge in [-0.15, -0.1) is 0 Å². The molecule has 4 rings (SSSR count). The van der Waals surface area contributed by atoms with E-state index in [1.165, 1.54) is 12.1 Å². The highest BCUT2D eigenvalue weighted by atomic mass is 28.3. The molecule has 2 saturated carbocycles. The largest absolute Gasteiger partial charge is 0.299 e. The van der Waals surface area contributed by atoms with Crippen molar-refractivity contribution in [2.45, 2.75) is 77.3 Å². The molecule has 2 aliphatic rings. The molecule has 3 heteroatoms. The average molecular weight is 477 g/mol. The Balaban J connectivity index is 1.76. The van der Waals surface area contributed by atoms with Gasteiger partial charge < -0.3 is 0 Å². The van der Waals surface area contributed by atoms with Crippen LogP contribution in [0.2, 0.25) is 36.8 Å². The third kappa shape index (κ3) is 4.60. The van der Waals surface area contributed by atoms with Gasteiger partial charge in [0.15, 0.2) is 0 Å². The zero-order chi connectivity index (χ0) is 24.0. The van der Waals surface area contributed by atoms with Gasteiger partial charge in [-0.05, 0) is 41.7 Å². The third-order valence-corrected chi connectivity index (χ3v) is 17.1. The molecule has 5 unspecified atom stereocenters. The Labute approximate surface area is 204 Å². The SMILES string of the molecule is CC1C(C[Si](c2ccccc2)(c2ccccc2)C(C)(C)C)CC2C(=O)C1CC2C[Si](C)(C)C. The predicted octanol–water partition coefficient (Wildman–Crippen LogP) is 6.87. The van der Waals surface area contributed by atoms with Crippen LogP contribution in [0.5, 0.6) is 0 Å². The van der Waals surface area contributed by atoms with Crippen LogP contribution in [0.4, 0.5) is 0 Å². The van der Waals surface area contributed by atoms with Crippen LogP contribution in [-0.2, 0) is 4.79 Å². The summed E-state index contributed by atoms with van der Waals surface area (Å²) in [5, 5.41) is 3.30. The lowest BCUT2D eigenvalue weighted by Gasteiger charge is -2.48. The van der Waals surface area contributed by atoms with E-state index in [-0.39, 0.29) is 5.04 Å². The molecule has 2 aromatic carbocycles. The number of fused-ring (bicyclic) bond motifs is 2. The second kappa shape index (κ2) is 8.96. The van der Waals surface area contributed by atoms with Gasteiger partial charge in [-0.25, -0.2) is 0 Å². The molecule has 2 aromatic rings. The second-order valence-corrected chi connectivity index (χ2v) is 23.7. The number of Topliss-reactive ketones (excluding diaryl/α,β-unsaturated/α-hetero) is 1. The number of benzene rings is 2. The Morgan fingerprint density at radius 1 is 0.758 bits per heavy atom. The third-order valence-electron chi connectivity index (χ3n) is 9.05. The van der Waals surface area contributed by atoms with Crippen LogP contribution in [0.15, 0.2) is 60.7 Å². The Morgan fingerprint density at radius 3 is 1.70 bits per heavy atom. The van der Waals surface area contributed by atoms with Crippen molar-refractivity contribution >= 4 is 32.3 Å². The Kier molecular flexibility index (Phi) is 6.70. The molecular formula is C30H44OSi2. The zero-order valence-corrected chi connectivity index (χ0v) is 23.9. The average Bonchev–Trinajstić information content (AvgIpc) is 2.96. The minimum absolute atomic E-state index is 0.188. The second-order valence-electron chi connectivity index (χ2n) is 13.3. The summed E-state index contributed by atoms with van der Waals surface area (Å²) in [6, 6.07) is 25.4. The van der Waals surface area contributed by atoms with Crippen molar-refractivity contribution in [3.8, 4) is 0 Å². The summed E-state index contributed by atoms with van der Waals surface area (Å²) in [7, 11) is -3.28. The molecule has 2 bridgehead atoms. The van der Waals surface area contributed by atoms with Crippen LogP contribution >= 0.6 is 0 Å². The van der Waals surface area contributed by atoms with E-state index < -0.39 is 16.1 Å². The topological polar surface area (TPSA) is 17.1 Å². The fraction of sp³-hybridized carbons (Fsp3) is 0.567. The lowest BCUT2D eigenvalue weighted by atomic mass is 9.73. The van der Waals surface area contributed by atoms with Gasteiger partial charge in [0.1, 0.15) is 13.9 Å². The van der Waals surface area contributed by atoms with Crippen LogP contribution in [0.3, 0.4) is 0 Å². The van der Waals surface area contributed by atoms with Gasteiger partial charge in [-0.1, -0.05) is 124 Å². The number of carbonyl (C=O) groups is 1. The molecule has 33 heavy (non-hydrogen) atoms. The Morgan fingerprint density at radius 2 is 1.24 bits per heavy atom. The predicted molar refractivity (Wildman–Crippen MR) is 148 cm³/mol. The summed E-state index contributed by atoms with van der Waals surface area (Å²) in [5.74, 6) is 3.01. The first-order valence-electron chi connectivity index (χ1n) is 13.1. The molecule has 0 saturated heterocycles. The van der Waals surface area contributed by atoms with Crippen molar-refractivity contribution in [3.05, 3.63) is 60.7 Å². The lowest BCUT2D eigenvalue weighted by molar-refractivity contribution is -0.129. The first kappa shape index (κ1) is 24.7. The maximum Gasteiger partial charge on any atom is 0.139 e. The number of carbonyl (C=O) groups excluding carboxylic acids is 1. The number of hydrogen-bond acceptors (Lipinski definition) is 1. The molecule has 0 N–H and O–H groups in total. The summed E-state index contributed by atoms with van der Waals surface area (Å²) in [4.78, 5) is 13.4. The van der Waals surface area contributed by atoms with E-state index in [2.05, 4.69) is 108 Å². The van der Waals surface area contributed by atoms with E-state index in [9.17, 15) is 4.79 Å². The van der Waals surface area contributed by atoms with Crippen molar-refractivity contribution in [2.24, 2.45) is 29.6 Å². The normalized spacial score (nSPS) is 28.2. The first-order chi connectivity index (χ1) is 15.4. The van der Waals surface area contributed by atoms with Gasteiger partial charge in [-0.2, -0.15) is 0 Å². The van der Waals surface area contributed by atoms with Gasteiger partial charge in [0, 0.05) is 19.9 Å². The monoisotopic (exact) mass is 476 g/mol. The summed E-state index contributed by atoms with van der Waals surface area (Å²) >= 11 is 0. The van der Waals surface area contributed by atoms with Crippen LogP contribution < -0.4 is 10.4 Å². The number of rotatable bonds is 6. The maximum absolute atomic E-state index is 13.4. The first-order valence-corrected chi connectivity index (χ1v) is 19.0. The minimum atomic E-state index is -2.10. The number of ketones is 1. The van der Waals surface area contributed by atoms with Gasteiger partial charge >= 0.3 is 0 Å². The van der Waals surface area contributed by atoms with Crippen LogP contribution in [-0.4, -0.2) is 21.9 Å². The van der Waals surface area contributed by atoms with Gasteiger partial charge in [-0.3, -0.25) is 4.79 Å². The molecule has 0 heterocycles. The van der Waals surface area contributed by atoms with E-state index in [0.717, 1.165) is 12.8 Å². The molecular weight excluding hydrogens is 433 g/mol. The Hall–Kier alpha value is -1.46. The van der Waals surface area contributed by atoms with E-state index in [1.54, 1.807) is 10.4 Å². The summed E-state index contributed by atoms with van der Waals surface area (Å²) in [6.45, 7) is 17.3. The van der Waals surface area contributed by atoms with Crippen molar-refractivity contribution in [1.82, 2.24) is 0 Å². The quantitative estimate of drug-likeness (QED) is 0.416. The highest BCUT2D eigenvalue weighted by Gasteiger charge is 2.55. The van der Waals surface area contributed by atoms with Crippen molar-refractivity contribution < 1.29 is 4.79 Å². The van der Waals surface area contributed by atoms with Gasteiger partial charge in [0.2, 0.25) is 0 Å². The molecule has 1 nitrogen and oxygen atoms in total. The molecule has 0 amide bonds. The molecule has 178 valence electrons. The lowest BCUT2D eigenvalue weighted by Crippen LogP contribution is -2.65. The minimum Gasteiger partial charge on any atom is -0.299 e. The number of hydrogen-bond donors (Lipinski definition) is 0. The highest BCUT2D eigenvalue weighted by molar-refractivity contribution is 7.04. The highest BCUT2D eigenvalue weighted by Crippen LogP contribution is 2.54. The fourth-order valence-electron chi connectivity index (χ4n) is 7.46. The van der Waals surface area contributed by atoms with Crippen LogP contribution in [0.1, 0.15) is 40.5 Å². The molecule has 0 radical (unpaired) electrons. The fourth-order valence-corrected chi connectivity index (χ4v) is 15.5. The van der Waals surface area contributed by atoms with E-state index in [1.807, 2.05) is 0 Å². The molecule has 0 aromatic heterocycles. The van der Waals surface area contributed by atoms with Crippen molar-refractivity contribution in [3.63, 3.8) is 0 Å². The maximum atomic E-state index is 13.4. The van der Waals surface area contributed by atoms with Crippen molar-refractivity contribution in [1.29, 1.82) is 0 Å². The summed E-state index contributed by atoms with van der Waals surface area (Å²) < 4.78 is 0. The Bertz CT molecular complexity index is 915. The molecule has 2 aliphatic carbocycles. The van der Waals surface area contributed by atoms with Crippen LogP contribution in [0, 0.1) is 29.6 Å². The van der Waals surface area contributed by atoms with Crippen LogP contribution in [0.25, 0.3) is 0 Å². The van der Waals surface area contributed by atoms with E-state index >= 15 is 0 Å². The molecule has 0 aliphatic heterocycles. The van der Waals surface area contributed by atoms with Crippen molar-refractivity contribution in [2.75, 3.05) is 0 Å². The standard InChI is InChI=1S/C30H44OSi2/c1-22-23(18-28-24(20-32(5,6)7)19-27(22)29(28)31)21-33(30(2,3)4,25-14-10-8-11-15-25)26-16-12-9-13-17-26/h8-17,22-24,27-28H,18-21H2,1-7H3. The van der Waals surface area contributed by atoms with E-state index in [0.29, 0.717) is 35.4 Å². The summed E-state index contributed by atoms with van der Waals surface area (Å²) in [6.07, 6.45) is 2.28. The smallest absolute Gasteiger partial charge is 0.139 e. The van der Waals surface area contributed by atoms with Gasteiger partial charge in [0.25, 0.3) is 0 Å². The van der Waals surface area contributed by atoms with Gasteiger partial charge in [0.05, 0.1) is 0 Å². The summed E-state index contributed by atoms with van der Waals surface area (Å²) in [5.41, 5.74) is 0. The molecule has 5 atom stereocenters. The molecule has 2 fully saturated rings. The van der Waals surface area contributed by atoms with E-state index in [4.69, 9.17) is 0 Å². The zero-order valence-electron chi connectivity index (χ0n) is 21.9. The molecule has 0 spiro atoms.